The number of pyridine rings is 1. The maximum Gasteiger partial charge on any atom is 0.328 e. The molecule has 0 aliphatic rings. The van der Waals surface area contributed by atoms with Gasteiger partial charge in [-0.25, -0.2) is 9.78 Å². The van der Waals surface area contributed by atoms with Crippen LogP contribution in [0.25, 0.3) is 0 Å². The van der Waals surface area contributed by atoms with Gasteiger partial charge in [0.25, 0.3) is 5.91 Å². The zero-order valence-corrected chi connectivity index (χ0v) is 11.9. The molecule has 5 nitrogen and oxygen atoms in total. The van der Waals surface area contributed by atoms with Crippen molar-refractivity contribution < 1.29 is 14.3 Å². The highest BCUT2D eigenvalue weighted by Gasteiger charge is 2.24. The average molecular weight is 285 g/mol. The summed E-state index contributed by atoms with van der Waals surface area (Å²) < 4.78 is 4.68. The first kappa shape index (κ1) is 15.4. The average Bonchev–Trinajstić information content (AvgIpc) is 2.36. The third-order valence-corrected chi connectivity index (χ3v) is 2.80. The number of methoxy groups -OCH3 is 1. The molecule has 1 aromatic heterocycles. The zero-order chi connectivity index (χ0) is 14.4. The number of amides is 1. The number of esters is 1. The van der Waals surface area contributed by atoms with Crippen LogP contribution in [0.4, 0.5) is 0 Å². The first-order chi connectivity index (χ1) is 8.95. The van der Waals surface area contributed by atoms with Gasteiger partial charge in [-0.2, -0.15) is 0 Å². The molecule has 1 amide bonds. The first-order valence-corrected chi connectivity index (χ1v) is 6.32. The number of halogens is 1. The Hall–Kier alpha value is -1.62. The molecule has 19 heavy (non-hydrogen) atoms. The van der Waals surface area contributed by atoms with Crippen LogP contribution in [-0.2, 0) is 9.53 Å². The summed E-state index contributed by atoms with van der Waals surface area (Å²) in [5.74, 6) is -0.662. The van der Waals surface area contributed by atoms with E-state index in [0.29, 0.717) is 6.42 Å². The lowest BCUT2D eigenvalue weighted by Crippen LogP contribution is -2.42. The number of hydrogen-bond acceptors (Lipinski definition) is 4. The van der Waals surface area contributed by atoms with Crippen LogP contribution in [0.5, 0.6) is 0 Å². The molecule has 1 unspecified atom stereocenters. The molecular formula is C13H17ClN2O3. The second-order valence-electron chi connectivity index (χ2n) is 4.52. The van der Waals surface area contributed by atoms with Gasteiger partial charge >= 0.3 is 5.97 Å². The van der Waals surface area contributed by atoms with Crippen molar-refractivity contribution in [3.63, 3.8) is 0 Å². The molecule has 0 fully saturated rings. The molecule has 1 rings (SSSR count). The Balaban J connectivity index is 2.82. The minimum Gasteiger partial charge on any atom is -0.467 e. The predicted molar refractivity (Wildman–Crippen MR) is 72.0 cm³/mol. The van der Waals surface area contributed by atoms with Crippen LogP contribution in [-0.4, -0.2) is 30.0 Å². The number of rotatable bonds is 5. The van der Waals surface area contributed by atoms with Gasteiger partial charge in [-0.15, -0.1) is 0 Å². The second-order valence-corrected chi connectivity index (χ2v) is 4.88. The fraction of sp³-hybridized carbons (Fsp3) is 0.462. The van der Waals surface area contributed by atoms with Crippen LogP contribution in [0.1, 0.15) is 30.6 Å². The summed E-state index contributed by atoms with van der Waals surface area (Å²) in [6, 6.07) is 2.47. The Morgan fingerprint density at radius 3 is 2.68 bits per heavy atom. The van der Waals surface area contributed by atoms with E-state index in [4.69, 9.17) is 11.6 Å². The number of carbonyl (C=O) groups excluding carboxylic acids is 2. The Labute approximate surface area is 117 Å². The molecule has 0 aromatic carbocycles. The van der Waals surface area contributed by atoms with Gasteiger partial charge in [0.2, 0.25) is 0 Å². The van der Waals surface area contributed by atoms with E-state index in [0.717, 1.165) is 0 Å². The summed E-state index contributed by atoms with van der Waals surface area (Å²) in [5.41, 5.74) is 0.238. The third-order valence-electron chi connectivity index (χ3n) is 2.50. The van der Waals surface area contributed by atoms with Gasteiger partial charge in [0.1, 0.15) is 11.2 Å². The monoisotopic (exact) mass is 284 g/mol. The highest BCUT2D eigenvalue weighted by atomic mass is 35.5. The maximum absolute atomic E-state index is 12.0. The number of nitrogens with zero attached hydrogens (tertiary/aromatic N) is 1. The fourth-order valence-corrected chi connectivity index (χ4v) is 1.82. The van der Waals surface area contributed by atoms with Gasteiger partial charge in [0.05, 0.1) is 12.7 Å². The lowest BCUT2D eigenvalue weighted by atomic mass is 10.0. The van der Waals surface area contributed by atoms with Crippen molar-refractivity contribution in [2.45, 2.75) is 26.3 Å². The van der Waals surface area contributed by atoms with Crippen LogP contribution in [0.2, 0.25) is 5.15 Å². The zero-order valence-electron chi connectivity index (χ0n) is 11.1. The number of carbonyl (C=O) groups is 2. The Bertz CT molecular complexity index is 463. The molecule has 0 saturated heterocycles. The molecule has 0 aliphatic carbocycles. The van der Waals surface area contributed by atoms with Gasteiger partial charge in [0.15, 0.2) is 0 Å². The summed E-state index contributed by atoms with van der Waals surface area (Å²) in [6.07, 6.45) is 1.99. The summed E-state index contributed by atoms with van der Waals surface area (Å²) >= 11 is 5.83. The van der Waals surface area contributed by atoms with E-state index in [1.54, 1.807) is 12.1 Å². The Kier molecular flexibility index (Phi) is 5.76. The molecule has 0 bridgehead atoms. The van der Waals surface area contributed by atoms with Crippen LogP contribution >= 0.6 is 11.6 Å². The predicted octanol–water partition coefficient (Wildman–Crippen LogP) is 2.05. The molecule has 104 valence electrons. The molecule has 1 N–H and O–H groups in total. The summed E-state index contributed by atoms with van der Waals surface area (Å²) in [7, 11) is 1.29. The standard InChI is InChI=1S/C13H17ClN2O3/c1-8(2)7-10(13(18)19-3)16-12(17)9-5-4-6-15-11(9)14/h4-6,8,10H,7H2,1-3H3,(H,16,17). The summed E-state index contributed by atoms with van der Waals surface area (Å²) in [6.45, 7) is 3.91. The SMILES string of the molecule is COC(=O)C(CC(C)C)NC(=O)c1cccnc1Cl. The van der Waals surface area contributed by atoms with E-state index < -0.39 is 17.9 Å². The first-order valence-electron chi connectivity index (χ1n) is 5.95. The van der Waals surface area contributed by atoms with E-state index in [2.05, 4.69) is 15.0 Å². The van der Waals surface area contributed by atoms with Crippen LogP contribution in [0, 0.1) is 5.92 Å². The molecule has 1 atom stereocenters. The lowest BCUT2D eigenvalue weighted by Gasteiger charge is -2.18. The van der Waals surface area contributed by atoms with Crippen LogP contribution in [0.3, 0.4) is 0 Å². The van der Waals surface area contributed by atoms with Crippen LogP contribution in [0.15, 0.2) is 18.3 Å². The number of hydrogen-bond donors (Lipinski definition) is 1. The number of nitrogens with one attached hydrogen (secondary N) is 1. The van der Waals surface area contributed by atoms with E-state index >= 15 is 0 Å². The maximum atomic E-state index is 12.0. The number of aromatic nitrogens is 1. The van der Waals surface area contributed by atoms with Gasteiger partial charge in [-0.05, 0) is 24.5 Å². The van der Waals surface area contributed by atoms with Crippen molar-refractivity contribution in [1.82, 2.24) is 10.3 Å². The number of ether oxygens (including phenoxy) is 1. The van der Waals surface area contributed by atoms with Crippen molar-refractivity contribution in [1.29, 1.82) is 0 Å². The van der Waals surface area contributed by atoms with Crippen molar-refractivity contribution in [3.8, 4) is 0 Å². The molecule has 0 spiro atoms. The highest BCUT2D eigenvalue weighted by molar-refractivity contribution is 6.32. The van der Waals surface area contributed by atoms with E-state index in [9.17, 15) is 9.59 Å². The molecule has 0 aliphatic heterocycles. The fourth-order valence-electron chi connectivity index (χ4n) is 1.62. The largest absolute Gasteiger partial charge is 0.467 e. The van der Waals surface area contributed by atoms with Crippen LogP contribution < -0.4 is 5.32 Å². The molecule has 0 saturated carbocycles. The van der Waals surface area contributed by atoms with Gasteiger partial charge in [-0.3, -0.25) is 4.79 Å². The normalized spacial score (nSPS) is 12.1. The molecule has 0 radical (unpaired) electrons. The molecule has 6 heteroatoms. The summed E-state index contributed by atoms with van der Waals surface area (Å²) in [4.78, 5) is 27.5. The van der Waals surface area contributed by atoms with Crippen molar-refractivity contribution >= 4 is 23.5 Å². The van der Waals surface area contributed by atoms with Gasteiger partial charge < -0.3 is 10.1 Å². The molecule has 1 heterocycles. The topological polar surface area (TPSA) is 68.3 Å². The molecular weight excluding hydrogens is 268 g/mol. The van der Waals surface area contributed by atoms with E-state index in [-0.39, 0.29) is 16.6 Å². The highest BCUT2D eigenvalue weighted by Crippen LogP contribution is 2.13. The van der Waals surface area contributed by atoms with Crippen molar-refractivity contribution in [2.75, 3.05) is 7.11 Å². The minimum absolute atomic E-state index is 0.105. The Morgan fingerprint density at radius 2 is 2.16 bits per heavy atom. The smallest absolute Gasteiger partial charge is 0.328 e. The van der Waals surface area contributed by atoms with Crippen molar-refractivity contribution in [2.24, 2.45) is 5.92 Å². The minimum atomic E-state index is -0.686. The van der Waals surface area contributed by atoms with Crippen molar-refractivity contribution in [3.05, 3.63) is 29.0 Å². The van der Waals surface area contributed by atoms with E-state index in [1.165, 1.54) is 13.3 Å². The quantitative estimate of drug-likeness (QED) is 0.664. The van der Waals surface area contributed by atoms with E-state index in [1.807, 2.05) is 13.8 Å². The second kappa shape index (κ2) is 7.09. The van der Waals surface area contributed by atoms with Gasteiger partial charge in [-0.1, -0.05) is 25.4 Å². The summed E-state index contributed by atoms with van der Waals surface area (Å²) in [5, 5.41) is 2.72. The Morgan fingerprint density at radius 1 is 1.47 bits per heavy atom. The lowest BCUT2D eigenvalue weighted by molar-refractivity contribution is -0.143. The van der Waals surface area contributed by atoms with Gasteiger partial charge in [0, 0.05) is 6.20 Å². The third kappa shape index (κ3) is 4.52. The molecule has 1 aromatic rings.